The molecule has 2 aromatic carbocycles. The lowest BCUT2D eigenvalue weighted by molar-refractivity contribution is -0.137. The van der Waals surface area contributed by atoms with Crippen molar-refractivity contribution < 1.29 is 36.6 Å². The van der Waals surface area contributed by atoms with Crippen molar-refractivity contribution in [2.45, 2.75) is 39.0 Å². The molecule has 5 aromatic rings. The topological polar surface area (TPSA) is 80.8 Å². The van der Waals surface area contributed by atoms with Gasteiger partial charge in [0, 0.05) is 30.8 Å². The van der Waals surface area contributed by atoms with Crippen LogP contribution in [0.4, 0.5) is 27.6 Å². The molecule has 228 valence electrons. The number of nitrogens with zero attached hydrogens (tertiary/aromatic N) is 3. The molecule has 0 fully saturated rings. The molecule has 1 amide bonds. The number of aliphatic hydroxyl groups is 1. The molecule has 4 heterocycles. The summed E-state index contributed by atoms with van der Waals surface area (Å²) in [4.78, 5) is 16.5. The van der Waals surface area contributed by atoms with Crippen molar-refractivity contribution in [3.05, 3.63) is 94.6 Å². The molecule has 3 aromatic heterocycles. The first-order valence-electron chi connectivity index (χ1n) is 13.9. The molecule has 1 atom stereocenters. The summed E-state index contributed by atoms with van der Waals surface area (Å²) in [5, 5.41) is 13.5. The second-order valence-electron chi connectivity index (χ2n) is 10.6. The summed E-state index contributed by atoms with van der Waals surface area (Å²) in [7, 11) is 1.63. The average Bonchev–Trinajstić information content (AvgIpc) is 3.48. The Balaban J connectivity index is 1.52. The Hall–Kier alpha value is -4.71. The average molecular weight is 611 g/mol. The fraction of sp³-hybridized carbons (Fsp3) is 0.250. The Morgan fingerprint density at radius 1 is 1.20 bits per heavy atom. The van der Waals surface area contributed by atoms with Crippen molar-refractivity contribution in [2.75, 3.05) is 11.9 Å². The number of carbonyl (C=O) groups excluding carboxylic acids is 1. The van der Waals surface area contributed by atoms with Crippen molar-refractivity contribution in [1.29, 1.82) is 0 Å². The lowest BCUT2D eigenvalue weighted by Crippen LogP contribution is -2.13. The Labute approximate surface area is 248 Å². The zero-order valence-corrected chi connectivity index (χ0v) is 23.9. The predicted molar refractivity (Wildman–Crippen MR) is 155 cm³/mol. The fourth-order valence-corrected chi connectivity index (χ4v) is 5.71. The Kier molecular flexibility index (Phi) is 7.19. The van der Waals surface area contributed by atoms with Gasteiger partial charge in [0.05, 0.1) is 28.9 Å². The Morgan fingerprint density at radius 3 is 2.61 bits per heavy atom. The molecule has 1 unspecified atom stereocenters. The molecule has 0 spiro atoms. The number of nitrogens with one attached hydrogen (secondary N) is 1. The van der Waals surface area contributed by atoms with E-state index < -0.39 is 41.1 Å². The van der Waals surface area contributed by atoms with Gasteiger partial charge in [0.2, 0.25) is 5.91 Å². The van der Waals surface area contributed by atoms with E-state index in [0.29, 0.717) is 28.8 Å². The highest BCUT2D eigenvalue weighted by Crippen LogP contribution is 2.49. The van der Waals surface area contributed by atoms with Gasteiger partial charge < -0.3 is 24.1 Å². The van der Waals surface area contributed by atoms with Crippen molar-refractivity contribution in [1.82, 2.24) is 14.0 Å². The van der Waals surface area contributed by atoms with Gasteiger partial charge in [-0.3, -0.25) is 4.79 Å². The van der Waals surface area contributed by atoms with Gasteiger partial charge in [-0.25, -0.2) is 13.8 Å². The highest BCUT2D eigenvalue weighted by molar-refractivity contribution is 6.00. The third-order valence-electron chi connectivity index (χ3n) is 7.86. The van der Waals surface area contributed by atoms with E-state index in [0.717, 1.165) is 24.3 Å². The second kappa shape index (κ2) is 10.8. The number of carbonyl (C=O) groups is 1. The Bertz CT molecular complexity index is 1970. The maximum atomic E-state index is 15.0. The third-order valence-corrected chi connectivity index (χ3v) is 7.86. The lowest BCUT2D eigenvalue weighted by atomic mass is 9.94. The first-order valence-corrected chi connectivity index (χ1v) is 13.9. The number of allylic oxidation sites excluding steroid dienone is 1. The number of imidazole rings is 1. The smallest absolute Gasteiger partial charge is 0.417 e. The fourth-order valence-electron chi connectivity index (χ4n) is 5.71. The summed E-state index contributed by atoms with van der Waals surface area (Å²) in [5.74, 6) is -2.37. The summed E-state index contributed by atoms with van der Waals surface area (Å²) in [6.07, 6.45) is -1.21. The summed E-state index contributed by atoms with van der Waals surface area (Å²) in [5.41, 5.74) is 0.0670. The maximum absolute atomic E-state index is 15.0. The molecule has 0 bridgehead atoms. The van der Waals surface area contributed by atoms with Crippen molar-refractivity contribution in [3.8, 4) is 16.9 Å². The zero-order chi connectivity index (χ0) is 31.5. The van der Waals surface area contributed by atoms with Crippen LogP contribution < -0.4 is 10.1 Å². The van der Waals surface area contributed by atoms with Gasteiger partial charge in [-0.05, 0) is 60.9 Å². The molecular formula is C32H27F5N4O3. The first-order chi connectivity index (χ1) is 20.9. The number of rotatable bonds is 5. The van der Waals surface area contributed by atoms with E-state index in [2.05, 4.69) is 10.3 Å². The highest BCUT2D eigenvalue weighted by atomic mass is 19.4. The van der Waals surface area contributed by atoms with Crippen molar-refractivity contribution in [2.24, 2.45) is 7.05 Å². The molecule has 0 saturated carbocycles. The van der Waals surface area contributed by atoms with Crippen LogP contribution in [0.3, 0.4) is 0 Å². The number of alkyl halides is 3. The maximum Gasteiger partial charge on any atom is 0.417 e. The minimum atomic E-state index is -4.74. The largest absolute Gasteiger partial charge is 0.490 e. The zero-order valence-electron chi connectivity index (χ0n) is 23.9. The molecular weight excluding hydrogens is 583 g/mol. The van der Waals surface area contributed by atoms with Crippen LogP contribution in [0.2, 0.25) is 0 Å². The number of hydrogen-bond acceptors (Lipinski definition) is 4. The molecule has 1 aliphatic rings. The third kappa shape index (κ3) is 4.79. The molecule has 0 saturated heterocycles. The van der Waals surface area contributed by atoms with E-state index in [4.69, 9.17) is 4.74 Å². The van der Waals surface area contributed by atoms with E-state index in [1.165, 1.54) is 16.5 Å². The summed E-state index contributed by atoms with van der Waals surface area (Å²) < 4.78 is 82.9. The highest BCUT2D eigenvalue weighted by Gasteiger charge is 2.39. The SMILES string of the molecule is CC/C=C/C(=O)Nc1c(F)cc(C(O)c2cc3c4c(cccn24)-c2c(C(F)(F)F)cc4c(nc(C)n4C)c2OCC3)cc1F. The molecule has 0 aliphatic carbocycles. The number of benzene rings is 2. The van der Waals surface area contributed by atoms with Crippen LogP contribution in [0.25, 0.3) is 27.7 Å². The number of hydrogen-bond donors (Lipinski definition) is 2. The number of aryl methyl sites for hydroxylation is 2. The van der Waals surface area contributed by atoms with Crippen molar-refractivity contribution >= 4 is 28.1 Å². The van der Waals surface area contributed by atoms with Crippen molar-refractivity contribution in [3.63, 3.8) is 0 Å². The molecule has 44 heavy (non-hydrogen) atoms. The number of aliphatic hydroxyl groups excluding tert-OH is 1. The number of halogens is 5. The van der Waals surface area contributed by atoms with Crippen LogP contribution in [-0.2, 0) is 24.4 Å². The van der Waals surface area contributed by atoms with Gasteiger partial charge in [0.1, 0.15) is 34.8 Å². The quantitative estimate of drug-likeness (QED) is 0.166. The normalized spacial score (nSPS) is 14.0. The van der Waals surface area contributed by atoms with Gasteiger partial charge in [0.25, 0.3) is 0 Å². The molecule has 6 rings (SSSR count). The summed E-state index contributed by atoms with van der Waals surface area (Å²) >= 11 is 0. The van der Waals surface area contributed by atoms with Crippen LogP contribution in [0.1, 0.15) is 47.7 Å². The standard InChI is InChI=1S/C32H27F5N4O3/c1-4-5-8-25(42)39-27-21(33)12-18(13-22(27)34)30(43)24-14-17-9-11-44-31-26(19-7-6-10-41(24)29(17)19)20(32(35,36)37)15-23-28(31)38-16(2)40(23)3/h5-8,10,12-15,30,43H,4,9,11H2,1-3H3,(H,39,42)/b8-5+. The molecule has 2 N–H and O–H groups in total. The molecule has 7 nitrogen and oxygen atoms in total. The van der Waals surface area contributed by atoms with Crippen LogP contribution >= 0.6 is 0 Å². The van der Waals surface area contributed by atoms with Crippen LogP contribution in [-0.4, -0.2) is 31.6 Å². The summed E-state index contributed by atoms with van der Waals surface area (Å²) in [6.45, 7) is 3.51. The van der Waals surface area contributed by atoms with Crippen LogP contribution in [0, 0.1) is 18.6 Å². The van der Waals surface area contributed by atoms with Crippen LogP contribution in [0.5, 0.6) is 5.75 Å². The number of anilines is 1. The second-order valence-corrected chi connectivity index (χ2v) is 10.6. The van der Waals surface area contributed by atoms with Gasteiger partial charge >= 0.3 is 6.18 Å². The first kappa shape index (κ1) is 29.4. The molecule has 1 aliphatic heterocycles. The molecule has 12 heteroatoms. The Morgan fingerprint density at radius 2 is 1.93 bits per heavy atom. The minimum absolute atomic E-state index is 0.0103. The van der Waals surface area contributed by atoms with E-state index >= 15 is 0 Å². The lowest BCUT2D eigenvalue weighted by Gasteiger charge is -2.22. The summed E-state index contributed by atoms with van der Waals surface area (Å²) in [6, 6.07) is 7.55. The number of amides is 1. The van der Waals surface area contributed by atoms with E-state index in [1.807, 2.05) is 0 Å². The van der Waals surface area contributed by atoms with Gasteiger partial charge in [-0.1, -0.05) is 19.1 Å². The number of pyridine rings is 1. The number of aromatic nitrogens is 3. The molecule has 0 radical (unpaired) electrons. The number of ether oxygens (including phenoxy) is 1. The minimum Gasteiger partial charge on any atom is -0.490 e. The predicted octanol–water partition coefficient (Wildman–Crippen LogP) is 7.02. The van der Waals surface area contributed by atoms with Crippen LogP contribution in [0.15, 0.2) is 54.7 Å². The van der Waals surface area contributed by atoms with E-state index in [1.54, 1.807) is 43.8 Å². The van der Waals surface area contributed by atoms with Gasteiger partial charge in [-0.2, -0.15) is 13.2 Å². The van der Waals surface area contributed by atoms with E-state index in [-0.39, 0.29) is 46.7 Å². The van der Waals surface area contributed by atoms with Gasteiger partial charge in [-0.15, -0.1) is 0 Å². The van der Waals surface area contributed by atoms with Gasteiger partial charge in [0.15, 0.2) is 5.75 Å². The monoisotopic (exact) mass is 610 g/mol. The number of fused-ring (bicyclic) bond motifs is 4. The van der Waals surface area contributed by atoms with E-state index in [9.17, 15) is 31.9 Å².